The van der Waals surface area contributed by atoms with Gasteiger partial charge in [-0.15, -0.1) is 0 Å². The number of nitrogens with zero attached hydrogens (tertiary/aromatic N) is 1. The lowest BCUT2D eigenvalue weighted by molar-refractivity contribution is 0.741. The van der Waals surface area contributed by atoms with Crippen molar-refractivity contribution in [1.29, 1.82) is 0 Å². The molecule has 0 spiro atoms. The van der Waals surface area contributed by atoms with Crippen molar-refractivity contribution in [2.45, 2.75) is 0 Å². The van der Waals surface area contributed by atoms with E-state index in [2.05, 4.69) is 22.9 Å². The van der Waals surface area contributed by atoms with Crippen LogP contribution in [0.3, 0.4) is 0 Å². The van der Waals surface area contributed by atoms with E-state index in [1.54, 1.807) is 0 Å². The third-order valence-corrected chi connectivity index (χ3v) is 1.65. The van der Waals surface area contributed by atoms with Crippen LogP contribution in [0.4, 0.5) is 0 Å². The molecule has 1 aliphatic heterocycles. The Balaban J connectivity index is 2.58. The highest BCUT2D eigenvalue weighted by Crippen LogP contribution is 2.07. The van der Waals surface area contributed by atoms with Crippen LogP contribution in [0.1, 0.15) is 0 Å². The van der Waals surface area contributed by atoms with Gasteiger partial charge in [0, 0.05) is 12.7 Å². The zero-order valence-electron chi connectivity index (χ0n) is 4.34. The van der Waals surface area contributed by atoms with Crippen LogP contribution >= 0.6 is 22.9 Å². The van der Waals surface area contributed by atoms with Gasteiger partial charge in [0.05, 0.1) is 22.9 Å². The Morgan fingerprint density at radius 2 is 2.50 bits per heavy atom. The van der Waals surface area contributed by atoms with Gasteiger partial charge in [-0.2, -0.15) is 0 Å². The first-order valence-electron chi connectivity index (χ1n) is 2.35. The van der Waals surface area contributed by atoms with E-state index in [1.807, 2.05) is 21.5 Å². The summed E-state index contributed by atoms with van der Waals surface area (Å²) in [6, 6.07) is 0. The molecular formula is C5H5BIN. The number of halogens is 1. The van der Waals surface area contributed by atoms with Crippen LogP contribution in [0, 0.1) is 0 Å². The molecule has 0 aromatic heterocycles. The second-order valence-corrected chi connectivity index (χ2v) is 2.84. The molecule has 0 atom stereocenters. The Morgan fingerprint density at radius 3 is 2.88 bits per heavy atom. The highest BCUT2D eigenvalue weighted by Gasteiger charge is 1.93. The molecule has 0 fully saturated rings. The van der Waals surface area contributed by atoms with Crippen molar-refractivity contribution in [1.82, 2.24) is 3.11 Å². The van der Waals surface area contributed by atoms with Crippen molar-refractivity contribution in [3.8, 4) is 0 Å². The minimum absolute atomic E-state index is 0.859. The summed E-state index contributed by atoms with van der Waals surface area (Å²) in [7, 11) is 5.44. The van der Waals surface area contributed by atoms with Crippen molar-refractivity contribution in [3.63, 3.8) is 0 Å². The van der Waals surface area contributed by atoms with Gasteiger partial charge < -0.3 is 3.11 Å². The lowest BCUT2D eigenvalue weighted by atomic mass is 9.94. The van der Waals surface area contributed by atoms with E-state index in [1.165, 1.54) is 0 Å². The molecule has 8 heavy (non-hydrogen) atoms. The van der Waals surface area contributed by atoms with Crippen LogP contribution < -0.4 is 0 Å². The second-order valence-electron chi connectivity index (χ2n) is 1.60. The predicted octanol–water partition coefficient (Wildman–Crippen LogP) is 1.22. The molecule has 1 heterocycles. The first-order valence-corrected chi connectivity index (χ1v) is 3.32. The minimum Gasteiger partial charge on any atom is -0.318 e. The Hall–Kier alpha value is 0.0749. The van der Waals surface area contributed by atoms with Crippen LogP contribution in [0.15, 0.2) is 23.8 Å². The van der Waals surface area contributed by atoms with E-state index >= 15 is 0 Å². The maximum Gasteiger partial charge on any atom is 0.113 e. The van der Waals surface area contributed by atoms with Gasteiger partial charge in [0.15, 0.2) is 0 Å². The fourth-order valence-corrected chi connectivity index (χ4v) is 0.846. The van der Waals surface area contributed by atoms with Crippen molar-refractivity contribution in [2.24, 2.45) is 0 Å². The maximum absolute atomic E-state index is 5.44. The molecule has 1 aliphatic rings. The quantitative estimate of drug-likeness (QED) is 0.335. The Kier molecular flexibility index (Phi) is 1.99. The summed E-state index contributed by atoms with van der Waals surface area (Å²) in [6.07, 6.45) is 5.82. The van der Waals surface area contributed by atoms with E-state index in [9.17, 15) is 0 Å². The zero-order chi connectivity index (χ0) is 5.98. The van der Waals surface area contributed by atoms with E-state index < -0.39 is 0 Å². The van der Waals surface area contributed by atoms with Crippen LogP contribution in [-0.4, -0.2) is 17.5 Å². The topological polar surface area (TPSA) is 3.24 Å². The first kappa shape index (κ1) is 6.20. The summed E-state index contributed by atoms with van der Waals surface area (Å²) < 4.78 is 2.04. The number of hydrogen-bond donors (Lipinski definition) is 0. The lowest BCUT2D eigenvalue weighted by Gasteiger charge is -2.12. The van der Waals surface area contributed by atoms with Crippen LogP contribution in [0.25, 0.3) is 0 Å². The molecule has 1 nitrogen and oxygen atoms in total. The monoisotopic (exact) mass is 217 g/mol. The number of hydrogen-bond acceptors (Lipinski definition) is 1. The molecule has 0 N–H and O–H groups in total. The molecule has 0 unspecified atom stereocenters. The largest absolute Gasteiger partial charge is 0.318 e. The molecule has 0 saturated heterocycles. The summed E-state index contributed by atoms with van der Waals surface area (Å²) in [4.78, 5) is 0. The fourth-order valence-electron chi connectivity index (χ4n) is 0.488. The van der Waals surface area contributed by atoms with Gasteiger partial charge in [0.2, 0.25) is 0 Å². The van der Waals surface area contributed by atoms with Crippen LogP contribution in [0.5, 0.6) is 0 Å². The van der Waals surface area contributed by atoms with E-state index in [-0.39, 0.29) is 0 Å². The van der Waals surface area contributed by atoms with Crippen molar-refractivity contribution in [2.75, 3.05) is 6.54 Å². The normalized spacial score (nSPS) is 18.6. The highest BCUT2D eigenvalue weighted by atomic mass is 127. The zero-order valence-corrected chi connectivity index (χ0v) is 6.50. The van der Waals surface area contributed by atoms with Gasteiger partial charge in [-0.05, 0) is 0 Å². The van der Waals surface area contributed by atoms with E-state index in [4.69, 9.17) is 7.85 Å². The summed E-state index contributed by atoms with van der Waals surface area (Å²) in [5, 5.41) is 0. The van der Waals surface area contributed by atoms with Crippen molar-refractivity contribution >= 4 is 30.7 Å². The number of rotatable bonds is 0. The summed E-state index contributed by atoms with van der Waals surface area (Å²) in [5.74, 6) is 0. The van der Waals surface area contributed by atoms with E-state index in [0.717, 1.165) is 12.0 Å². The molecule has 3 heteroatoms. The van der Waals surface area contributed by atoms with Crippen molar-refractivity contribution < 1.29 is 0 Å². The maximum atomic E-state index is 5.44. The standard InChI is InChI=1S/C5H5BIN/c6-5-1-3-8(7)4-2-5/h1-3H,4H2. The molecule has 1 rings (SSSR count). The van der Waals surface area contributed by atoms with Crippen LogP contribution in [0.2, 0.25) is 0 Å². The minimum atomic E-state index is 0.859. The Bertz CT molecular complexity index is 141. The lowest BCUT2D eigenvalue weighted by Crippen LogP contribution is -2.06. The molecule has 40 valence electrons. The highest BCUT2D eigenvalue weighted by molar-refractivity contribution is 14.1. The molecule has 0 amide bonds. The average Bonchev–Trinajstić information content (AvgIpc) is 1.77. The SMILES string of the molecule is [B]C1=CCN(I)C=C1. The molecule has 0 aromatic rings. The second kappa shape index (κ2) is 2.57. The molecule has 0 saturated carbocycles. The van der Waals surface area contributed by atoms with Crippen LogP contribution in [-0.2, 0) is 0 Å². The third kappa shape index (κ3) is 1.54. The smallest absolute Gasteiger partial charge is 0.113 e. The van der Waals surface area contributed by atoms with Gasteiger partial charge in [0.25, 0.3) is 0 Å². The van der Waals surface area contributed by atoms with Gasteiger partial charge in [-0.25, -0.2) is 0 Å². The third-order valence-electron chi connectivity index (χ3n) is 0.930. The van der Waals surface area contributed by atoms with Gasteiger partial charge in [-0.1, -0.05) is 17.6 Å². The predicted molar refractivity (Wildman–Crippen MR) is 43.7 cm³/mol. The van der Waals surface area contributed by atoms with Gasteiger partial charge in [-0.3, -0.25) is 0 Å². The van der Waals surface area contributed by atoms with Gasteiger partial charge in [0.1, 0.15) is 7.85 Å². The summed E-state index contributed by atoms with van der Waals surface area (Å²) in [5.41, 5.74) is 0.859. The summed E-state index contributed by atoms with van der Waals surface area (Å²) in [6.45, 7) is 0.920. The molecule has 2 radical (unpaired) electrons. The average molecular weight is 217 g/mol. The molecule has 0 aliphatic carbocycles. The first-order chi connectivity index (χ1) is 3.79. The molecule has 0 bridgehead atoms. The summed E-state index contributed by atoms with van der Waals surface area (Å²) >= 11 is 2.21. The van der Waals surface area contributed by atoms with Gasteiger partial charge >= 0.3 is 0 Å². The molecular weight excluding hydrogens is 212 g/mol. The fraction of sp³-hybridized carbons (Fsp3) is 0.200. The molecule has 0 aromatic carbocycles. The van der Waals surface area contributed by atoms with E-state index in [0.29, 0.717) is 0 Å². The Labute approximate surface area is 64.3 Å². The Morgan fingerprint density at radius 1 is 1.75 bits per heavy atom. The number of allylic oxidation sites excluding steroid dienone is 2. The van der Waals surface area contributed by atoms with Crippen molar-refractivity contribution in [3.05, 3.63) is 23.8 Å².